The molecule has 0 aliphatic rings. The van der Waals surface area contributed by atoms with E-state index in [4.69, 9.17) is 15.2 Å². The van der Waals surface area contributed by atoms with E-state index in [-0.39, 0.29) is 0 Å². The summed E-state index contributed by atoms with van der Waals surface area (Å²) >= 11 is 1.52. The fourth-order valence-electron chi connectivity index (χ4n) is 1.81. The Labute approximate surface area is 110 Å². The summed E-state index contributed by atoms with van der Waals surface area (Å²) in [6.45, 7) is 2.09. The number of benzene rings is 1. The minimum absolute atomic E-state index is 0.583. The lowest BCUT2D eigenvalue weighted by molar-refractivity contribution is 0.395. The molecule has 0 spiro atoms. The van der Waals surface area contributed by atoms with Gasteiger partial charge >= 0.3 is 0 Å². The zero-order chi connectivity index (χ0) is 13.1. The standard InChI is InChI=1S/C13H16N2O2S/c1-4-11-12(15-13(14)18-11)9-6-5-8(16-2)7-10(9)17-3/h5-7H,4H2,1-3H3,(H2,14,15). The van der Waals surface area contributed by atoms with Crippen molar-refractivity contribution in [2.75, 3.05) is 20.0 Å². The molecule has 0 bridgehead atoms. The molecule has 0 radical (unpaired) electrons. The minimum Gasteiger partial charge on any atom is -0.497 e. The molecule has 4 nitrogen and oxygen atoms in total. The van der Waals surface area contributed by atoms with E-state index in [9.17, 15) is 0 Å². The van der Waals surface area contributed by atoms with Gasteiger partial charge in [-0.1, -0.05) is 6.92 Å². The van der Waals surface area contributed by atoms with Gasteiger partial charge in [0.05, 0.1) is 19.9 Å². The average Bonchev–Trinajstić information content (AvgIpc) is 2.78. The first kappa shape index (κ1) is 12.7. The van der Waals surface area contributed by atoms with Crippen LogP contribution in [0.2, 0.25) is 0 Å². The molecule has 18 heavy (non-hydrogen) atoms. The van der Waals surface area contributed by atoms with E-state index in [1.807, 2.05) is 18.2 Å². The van der Waals surface area contributed by atoms with Crippen molar-refractivity contribution in [3.8, 4) is 22.8 Å². The molecule has 0 saturated carbocycles. The van der Waals surface area contributed by atoms with Gasteiger partial charge < -0.3 is 15.2 Å². The number of nitrogens with zero attached hydrogens (tertiary/aromatic N) is 1. The van der Waals surface area contributed by atoms with Gasteiger partial charge in [0, 0.05) is 16.5 Å². The predicted molar refractivity (Wildman–Crippen MR) is 74.4 cm³/mol. The molecule has 2 rings (SSSR count). The number of anilines is 1. The average molecular weight is 264 g/mol. The summed E-state index contributed by atoms with van der Waals surface area (Å²) in [4.78, 5) is 5.55. The summed E-state index contributed by atoms with van der Waals surface area (Å²) < 4.78 is 10.6. The van der Waals surface area contributed by atoms with Crippen molar-refractivity contribution < 1.29 is 9.47 Å². The fourth-order valence-corrected chi connectivity index (χ4v) is 2.60. The lowest BCUT2D eigenvalue weighted by Crippen LogP contribution is -1.92. The SMILES string of the molecule is CCc1sc(N)nc1-c1ccc(OC)cc1OC. The third-order valence-electron chi connectivity index (χ3n) is 2.70. The van der Waals surface area contributed by atoms with E-state index in [1.54, 1.807) is 14.2 Å². The van der Waals surface area contributed by atoms with E-state index < -0.39 is 0 Å². The number of methoxy groups -OCH3 is 2. The smallest absolute Gasteiger partial charge is 0.180 e. The Kier molecular flexibility index (Phi) is 3.72. The summed E-state index contributed by atoms with van der Waals surface area (Å²) in [5.74, 6) is 1.51. The van der Waals surface area contributed by atoms with Crippen LogP contribution in [0.3, 0.4) is 0 Å². The van der Waals surface area contributed by atoms with Crippen LogP contribution in [-0.2, 0) is 6.42 Å². The highest BCUT2D eigenvalue weighted by atomic mass is 32.1. The molecule has 5 heteroatoms. The number of ether oxygens (including phenoxy) is 2. The minimum atomic E-state index is 0.583. The van der Waals surface area contributed by atoms with Gasteiger partial charge in [0.1, 0.15) is 11.5 Å². The fraction of sp³-hybridized carbons (Fsp3) is 0.308. The number of nitrogens with two attached hydrogens (primary N) is 1. The van der Waals surface area contributed by atoms with Crippen molar-refractivity contribution in [3.05, 3.63) is 23.1 Å². The van der Waals surface area contributed by atoms with Crippen molar-refractivity contribution in [2.24, 2.45) is 0 Å². The second-order valence-corrected chi connectivity index (χ2v) is 4.86. The maximum atomic E-state index is 5.78. The number of hydrogen-bond acceptors (Lipinski definition) is 5. The molecule has 2 N–H and O–H groups in total. The van der Waals surface area contributed by atoms with Crippen LogP contribution in [0.15, 0.2) is 18.2 Å². The number of thiazole rings is 1. The predicted octanol–water partition coefficient (Wildman–Crippen LogP) is 2.97. The lowest BCUT2D eigenvalue weighted by Gasteiger charge is -2.09. The largest absolute Gasteiger partial charge is 0.497 e. The summed E-state index contributed by atoms with van der Waals surface area (Å²) in [7, 11) is 3.27. The Balaban J connectivity index is 2.55. The quantitative estimate of drug-likeness (QED) is 0.922. The number of aromatic nitrogens is 1. The van der Waals surface area contributed by atoms with Crippen LogP contribution in [0.1, 0.15) is 11.8 Å². The molecule has 2 aromatic rings. The molecule has 1 aromatic heterocycles. The summed E-state index contributed by atoms with van der Waals surface area (Å²) in [6.07, 6.45) is 0.902. The van der Waals surface area contributed by atoms with Crippen LogP contribution in [0.4, 0.5) is 5.13 Å². The van der Waals surface area contributed by atoms with E-state index >= 15 is 0 Å². The van der Waals surface area contributed by atoms with Crippen molar-refractivity contribution in [1.29, 1.82) is 0 Å². The van der Waals surface area contributed by atoms with E-state index in [0.717, 1.165) is 34.1 Å². The molecule has 1 aromatic carbocycles. The first-order valence-corrected chi connectivity index (χ1v) is 6.48. The Hall–Kier alpha value is -1.75. The maximum absolute atomic E-state index is 5.78. The van der Waals surface area contributed by atoms with Gasteiger partial charge in [-0.3, -0.25) is 0 Å². The normalized spacial score (nSPS) is 10.4. The highest BCUT2D eigenvalue weighted by Gasteiger charge is 2.15. The van der Waals surface area contributed by atoms with Gasteiger partial charge in [0.25, 0.3) is 0 Å². The number of nitrogen functional groups attached to an aromatic ring is 1. The third kappa shape index (κ3) is 2.26. The first-order chi connectivity index (χ1) is 8.69. The molecule has 0 unspecified atom stereocenters. The van der Waals surface area contributed by atoms with Gasteiger partial charge in [-0.25, -0.2) is 4.98 Å². The van der Waals surface area contributed by atoms with Gasteiger partial charge in [-0.2, -0.15) is 0 Å². The molecule has 0 aliphatic carbocycles. The molecule has 96 valence electrons. The summed E-state index contributed by atoms with van der Waals surface area (Å²) in [5.41, 5.74) is 7.63. The van der Waals surface area contributed by atoms with Crippen LogP contribution in [0.5, 0.6) is 11.5 Å². The molecular weight excluding hydrogens is 248 g/mol. The van der Waals surface area contributed by atoms with Gasteiger partial charge in [-0.05, 0) is 18.6 Å². The van der Waals surface area contributed by atoms with Crippen molar-refractivity contribution >= 4 is 16.5 Å². The van der Waals surface area contributed by atoms with E-state index in [1.165, 1.54) is 11.3 Å². The number of aryl methyl sites for hydroxylation is 1. The topological polar surface area (TPSA) is 57.4 Å². The van der Waals surface area contributed by atoms with Crippen molar-refractivity contribution in [3.63, 3.8) is 0 Å². The van der Waals surface area contributed by atoms with E-state index in [2.05, 4.69) is 11.9 Å². The van der Waals surface area contributed by atoms with Crippen molar-refractivity contribution in [2.45, 2.75) is 13.3 Å². The number of rotatable bonds is 4. The Bertz CT molecular complexity index is 552. The van der Waals surface area contributed by atoms with Crippen LogP contribution in [-0.4, -0.2) is 19.2 Å². The van der Waals surface area contributed by atoms with Crippen molar-refractivity contribution in [1.82, 2.24) is 4.98 Å². The van der Waals surface area contributed by atoms with Gasteiger partial charge in [-0.15, -0.1) is 11.3 Å². The first-order valence-electron chi connectivity index (χ1n) is 5.67. The molecular formula is C13H16N2O2S. The Morgan fingerprint density at radius 3 is 2.67 bits per heavy atom. The second kappa shape index (κ2) is 5.27. The molecule has 0 atom stereocenters. The number of hydrogen-bond donors (Lipinski definition) is 1. The van der Waals surface area contributed by atoms with Gasteiger partial charge in [0.15, 0.2) is 5.13 Å². The highest BCUT2D eigenvalue weighted by Crippen LogP contribution is 2.37. The van der Waals surface area contributed by atoms with Crippen LogP contribution < -0.4 is 15.2 Å². The monoisotopic (exact) mass is 264 g/mol. The zero-order valence-corrected chi connectivity index (χ0v) is 11.5. The lowest BCUT2D eigenvalue weighted by atomic mass is 10.1. The molecule has 1 heterocycles. The van der Waals surface area contributed by atoms with Crippen LogP contribution >= 0.6 is 11.3 Å². The van der Waals surface area contributed by atoms with Gasteiger partial charge in [0.2, 0.25) is 0 Å². The molecule has 0 aliphatic heterocycles. The summed E-state index contributed by atoms with van der Waals surface area (Å²) in [6, 6.07) is 5.70. The zero-order valence-electron chi connectivity index (χ0n) is 10.7. The third-order valence-corrected chi connectivity index (χ3v) is 3.73. The summed E-state index contributed by atoms with van der Waals surface area (Å²) in [5, 5.41) is 0.583. The second-order valence-electron chi connectivity index (χ2n) is 3.74. The van der Waals surface area contributed by atoms with E-state index in [0.29, 0.717) is 5.13 Å². The van der Waals surface area contributed by atoms with Crippen LogP contribution in [0, 0.1) is 0 Å². The molecule has 0 fully saturated rings. The molecule has 0 saturated heterocycles. The maximum Gasteiger partial charge on any atom is 0.180 e. The van der Waals surface area contributed by atoms with Crippen LogP contribution in [0.25, 0.3) is 11.3 Å². The highest BCUT2D eigenvalue weighted by molar-refractivity contribution is 7.15. The Morgan fingerprint density at radius 1 is 1.28 bits per heavy atom. The molecule has 0 amide bonds. The Morgan fingerprint density at radius 2 is 2.06 bits per heavy atom.